The number of aryl methyl sites for hydroxylation is 3. The number of benzene rings is 2. The van der Waals surface area contributed by atoms with E-state index in [1.807, 2.05) is 35.2 Å². The molecule has 3 rings (SSSR count). The number of hydrogen-bond acceptors (Lipinski definition) is 1. The molecule has 2 aromatic carbocycles. The van der Waals surface area contributed by atoms with Gasteiger partial charge in [0, 0.05) is 23.7 Å². The zero-order valence-electron chi connectivity index (χ0n) is 14.2. The molecule has 24 heavy (non-hydrogen) atoms. The van der Waals surface area contributed by atoms with Crippen molar-refractivity contribution < 1.29 is 4.79 Å². The second-order valence-corrected chi connectivity index (χ2v) is 6.90. The fraction of sp³-hybridized carbons (Fsp3) is 0.381. The summed E-state index contributed by atoms with van der Waals surface area (Å²) in [5.41, 5.74) is 5.66. The minimum Gasteiger partial charge on any atom is -0.308 e. The molecule has 1 aliphatic rings. The van der Waals surface area contributed by atoms with Crippen molar-refractivity contribution in [2.24, 2.45) is 0 Å². The Labute approximate surface area is 149 Å². The summed E-state index contributed by atoms with van der Waals surface area (Å²) < 4.78 is 0. The average Bonchev–Trinajstić information content (AvgIpc) is 2.63. The van der Waals surface area contributed by atoms with Crippen LogP contribution in [-0.4, -0.2) is 18.3 Å². The Balaban J connectivity index is 1.89. The number of carbonyl (C=O) groups is 1. The van der Waals surface area contributed by atoms with E-state index < -0.39 is 0 Å². The highest BCUT2D eigenvalue weighted by Gasteiger charge is 2.19. The van der Waals surface area contributed by atoms with Gasteiger partial charge in [-0.3, -0.25) is 4.79 Å². The van der Waals surface area contributed by atoms with Crippen LogP contribution < -0.4 is 4.90 Å². The molecule has 0 atom stereocenters. The lowest BCUT2D eigenvalue weighted by atomic mass is 9.90. The Bertz CT molecular complexity index is 708. The molecule has 0 unspecified atom stereocenters. The predicted molar refractivity (Wildman–Crippen MR) is 101 cm³/mol. The van der Waals surface area contributed by atoms with Gasteiger partial charge in [-0.15, -0.1) is 11.6 Å². The molecule has 2 nitrogen and oxygen atoms in total. The first kappa shape index (κ1) is 17.0. The van der Waals surface area contributed by atoms with Crippen LogP contribution in [0, 0.1) is 6.92 Å². The van der Waals surface area contributed by atoms with Crippen molar-refractivity contribution in [3.8, 4) is 0 Å². The van der Waals surface area contributed by atoms with Crippen LogP contribution >= 0.6 is 11.6 Å². The minimum atomic E-state index is 0.0670. The first-order valence-corrected chi connectivity index (χ1v) is 9.29. The Morgan fingerprint density at radius 3 is 2.46 bits per heavy atom. The molecule has 0 heterocycles. The lowest BCUT2D eigenvalue weighted by molar-refractivity contribution is 0.0987. The van der Waals surface area contributed by atoms with Crippen LogP contribution in [0.2, 0.25) is 0 Å². The van der Waals surface area contributed by atoms with Gasteiger partial charge in [0.1, 0.15) is 0 Å². The standard InChI is InChI=1S/C21H24ClNO/c1-16-7-11-20(12-8-16)23(14-4-13-22)21(24)19-10-9-17-5-2-3-6-18(17)15-19/h7-12,15H,2-6,13-14H2,1H3. The summed E-state index contributed by atoms with van der Waals surface area (Å²) in [6.45, 7) is 2.70. The van der Waals surface area contributed by atoms with Crippen LogP contribution in [0.15, 0.2) is 42.5 Å². The van der Waals surface area contributed by atoms with Gasteiger partial charge < -0.3 is 4.90 Å². The van der Waals surface area contributed by atoms with Crippen LogP contribution in [0.5, 0.6) is 0 Å². The van der Waals surface area contributed by atoms with Crippen molar-refractivity contribution >= 4 is 23.2 Å². The molecule has 0 aliphatic heterocycles. The lowest BCUT2D eigenvalue weighted by Crippen LogP contribution is -2.32. The maximum Gasteiger partial charge on any atom is 0.258 e. The van der Waals surface area contributed by atoms with Gasteiger partial charge in [0.25, 0.3) is 5.91 Å². The van der Waals surface area contributed by atoms with Crippen LogP contribution in [0.4, 0.5) is 5.69 Å². The molecule has 0 radical (unpaired) electrons. The van der Waals surface area contributed by atoms with Gasteiger partial charge in [-0.25, -0.2) is 0 Å². The molecule has 0 aromatic heterocycles. The molecule has 0 fully saturated rings. The van der Waals surface area contributed by atoms with Crippen LogP contribution in [0.1, 0.15) is 46.3 Å². The van der Waals surface area contributed by atoms with E-state index in [9.17, 15) is 4.79 Å². The summed E-state index contributed by atoms with van der Waals surface area (Å²) >= 11 is 5.87. The Morgan fingerprint density at radius 1 is 1.04 bits per heavy atom. The molecule has 0 saturated carbocycles. The highest BCUT2D eigenvalue weighted by molar-refractivity contribution is 6.17. The summed E-state index contributed by atoms with van der Waals surface area (Å²) in [5, 5.41) is 0. The van der Waals surface area contributed by atoms with Crippen molar-refractivity contribution in [1.82, 2.24) is 0 Å². The summed E-state index contributed by atoms with van der Waals surface area (Å²) in [5.74, 6) is 0.622. The smallest absolute Gasteiger partial charge is 0.258 e. The topological polar surface area (TPSA) is 20.3 Å². The van der Waals surface area contributed by atoms with E-state index in [-0.39, 0.29) is 5.91 Å². The van der Waals surface area contributed by atoms with Gasteiger partial charge in [0.2, 0.25) is 0 Å². The summed E-state index contributed by atoms with van der Waals surface area (Å²) in [4.78, 5) is 15.0. The largest absolute Gasteiger partial charge is 0.308 e. The number of fused-ring (bicyclic) bond motifs is 1. The number of nitrogens with zero attached hydrogens (tertiary/aromatic N) is 1. The molecule has 3 heteroatoms. The highest BCUT2D eigenvalue weighted by atomic mass is 35.5. The number of halogens is 1. The first-order chi connectivity index (χ1) is 11.7. The molecule has 2 aromatic rings. The molecule has 0 spiro atoms. The SMILES string of the molecule is Cc1ccc(N(CCCCl)C(=O)c2ccc3c(c2)CCCC3)cc1. The predicted octanol–water partition coefficient (Wildman–Crippen LogP) is 5.15. The minimum absolute atomic E-state index is 0.0670. The van der Waals surface area contributed by atoms with Gasteiger partial charge in [-0.2, -0.15) is 0 Å². The Morgan fingerprint density at radius 2 is 1.75 bits per heavy atom. The molecular formula is C21H24ClNO. The van der Waals surface area contributed by atoms with E-state index in [4.69, 9.17) is 11.6 Å². The Kier molecular flexibility index (Phi) is 5.57. The van der Waals surface area contributed by atoms with E-state index in [2.05, 4.69) is 19.1 Å². The average molecular weight is 342 g/mol. The lowest BCUT2D eigenvalue weighted by Gasteiger charge is -2.24. The van der Waals surface area contributed by atoms with Crippen molar-refractivity contribution in [3.05, 3.63) is 64.7 Å². The van der Waals surface area contributed by atoms with Crippen LogP contribution in [0.25, 0.3) is 0 Å². The maximum atomic E-state index is 13.1. The third-order valence-electron chi connectivity index (χ3n) is 4.70. The fourth-order valence-corrected chi connectivity index (χ4v) is 3.43. The van der Waals surface area contributed by atoms with Gasteiger partial charge in [-0.05, 0) is 74.4 Å². The van der Waals surface area contributed by atoms with Crippen LogP contribution in [-0.2, 0) is 12.8 Å². The van der Waals surface area contributed by atoms with Gasteiger partial charge in [0.05, 0.1) is 0 Å². The van der Waals surface area contributed by atoms with E-state index in [0.717, 1.165) is 30.5 Å². The fourth-order valence-electron chi connectivity index (χ4n) is 3.31. The van der Waals surface area contributed by atoms with Gasteiger partial charge in [-0.1, -0.05) is 23.8 Å². The second-order valence-electron chi connectivity index (χ2n) is 6.53. The number of alkyl halides is 1. The maximum absolute atomic E-state index is 13.1. The van der Waals surface area contributed by atoms with E-state index in [1.165, 1.54) is 29.5 Å². The number of anilines is 1. The number of carbonyl (C=O) groups excluding carboxylic acids is 1. The van der Waals surface area contributed by atoms with E-state index in [1.54, 1.807) is 0 Å². The number of amides is 1. The van der Waals surface area contributed by atoms with E-state index in [0.29, 0.717) is 12.4 Å². The summed E-state index contributed by atoms with van der Waals surface area (Å²) in [7, 11) is 0. The quantitative estimate of drug-likeness (QED) is 0.689. The zero-order valence-corrected chi connectivity index (χ0v) is 15.0. The van der Waals surface area contributed by atoms with Gasteiger partial charge >= 0.3 is 0 Å². The molecule has 126 valence electrons. The zero-order chi connectivity index (χ0) is 16.9. The number of hydrogen-bond donors (Lipinski definition) is 0. The van der Waals surface area contributed by atoms with Crippen molar-refractivity contribution in [2.75, 3.05) is 17.3 Å². The van der Waals surface area contributed by atoms with Crippen LogP contribution in [0.3, 0.4) is 0 Å². The molecule has 0 saturated heterocycles. The number of rotatable bonds is 5. The van der Waals surface area contributed by atoms with Crippen molar-refractivity contribution in [1.29, 1.82) is 0 Å². The molecule has 0 N–H and O–H groups in total. The molecule has 0 bridgehead atoms. The normalized spacial score (nSPS) is 13.4. The van der Waals surface area contributed by atoms with Crippen molar-refractivity contribution in [2.45, 2.75) is 39.0 Å². The second kappa shape index (κ2) is 7.85. The third kappa shape index (κ3) is 3.81. The molecular weight excluding hydrogens is 318 g/mol. The van der Waals surface area contributed by atoms with Gasteiger partial charge in [0.15, 0.2) is 0 Å². The third-order valence-corrected chi connectivity index (χ3v) is 4.97. The monoisotopic (exact) mass is 341 g/mol. The molecule has 1 amide bonds. The van der Waals surface area contributed by atoms with Crippen molar-refractivity contribution in [3.63, 3.8) is 0 Å². The summed E-state index contributed by atoms with van der Waals surface area (Å²) in [6, 6.07) is 14.3. The first-order valence-electron chi connectivity index (χ1n) is 8.75. The Hall–Kier alpha value is -1.80. The summed E-state index contributed by atoms with van der Waals surface area (Å²) in [6.07, 6.45) is 5.48. The highest BCUT2D eigenvalue weighted by Crippen LogP contribution is 2.24. The van der Waals surface area contributed by atoms with E-state index >= 15 is 0 Å². The molecule has 1 aliphatic carbocycles.